The molecule has 2 unspecified atom stereocenters. The molecule has 0 aromatic rings. The van der Waals surface area contributed by atoms with E-state index >= 15 is 0 Å². The number of carbonyl (C=O) groups excluding carboxylic acids is 1. The van der Waals surface area contributed by atoms with Gasteiger partial charge in [-0.15, -0.1) is 12.6 Å². The molecule has 1 saturated heterocycles. The lowest BCUT2D eigenvalue weighted by molar-refractivity contribution is -0.115. The number of hydrogen-bond donors (Lipinski definition) is 1. The highest BCUT2D eigenvalue weighted by atomic mass is 32.1. The Balaban J connectivity index is 1.70. The van der Waals surface area contributed by atoms with Crippen molar-refractivity contribution in [2.24, 2.45) is 0 Å². The van der Waals surface area contributed by atoms with Crippen LogP contribution >= 0.6 is 12.6 Å². The van der Waals surface area contributed by atoms with Crippen LogP contribution in [0.15, 0.2) is 11.6 Å². The molecule has 2 aliphatic rings. The van der Waals surface area contributed by atoms with Crippen LogP contribution in [0.5, 0.6) is 0 Å². The van der Waals surface area contributed by atoms with Crippen molar-refractivity contribution in [3.8, 4) is 0 Å². The highest BCUT2D eigenvalue weighted by molar-refractivity contribution is 7.82. The molecule has 0 saturated carbocycles. The smallest absolute Gasteiger partial charge is 0.158 e. The van der Waals surface area contributed by atoms with Gasteiger partial charge in [0.05, 0.1) is 6.10 Å². The first kappa shape index (κ1) is 13.2. The van der Waals surface area contributed by atoms with Crippen molar-refractivity contribution in [1.82, 2.24) is 0 Å². The van der Waals surface area contributed by atoms with E-state index in [1.165, 1.54) is 25.7 Å². The molecule has 17 heavy (non-hydrogen) atoms. The van der Waals surface area contributed by atoms with Gasteiger partial charge in [0, 0.05) is 12.8 Å². The molecule has 0 bridgehead atoms. The SMILES string of the molecule is CCCCCCC1OC1(S)CC1=CCCC1=O. The zero-order valence-corrected chi connectivity index (χ0v) is 11.5. The Hall–Kier alpha value is -0.280. The molecule has 2 nitrogen and oxygen atoms in total. The summed E-state index contributed by atoms with van der Waals surface area (Å²) < 4.78 is 5.67. The van der Waals surface area contributed by atoms with Crippen LogP contribution in [-0.2, 0) is 9.53 Å². The summed E-state index contributed by atoms with van der Waals surface area (Å²) in [5.41, 5.74) is 0.941. The summed E-state index contributed by atoms with van der Waals surface area (Å²) in [6.45, 7) is 2.22. The number of rotatable bonds is 7. The zero-order valence-electron chi connectivity index (χ0n) is 10.6. The minimum Gasteiger partial charge on any atom is -0.354 e. The van der Waals surface area contributed by atoms with Crippen molar-refractivity contribution in [2.75, 3.05) is 0 Å². The second kappa shape index (κ2) is 5.57. The summed E-state index contributed by atoms with van der Waals surface area (Å²) in [5.74, 6) is 0.290. The molecule has 0 aromatic heterocycles. The van der Waals surface area contributed by atoms with Crippen molar-refractivity contribution in [3.05, 3.63) is 11.6 Å². The Morgan fingerprint density at radius 1 is 1.47 bits per heavy atom. The van der Waals surface area contributed by atoms with Crippen molar-refractivity contribution in [3.63, 3.8) is 0 Å². The normalized spacial score (nSPS) is 31.8. The van der Waals surface area contributed by atoms with Gasteiger partial charge < -0.3 is 4.74 Å². The van der Waals surface area contributed by atoms with Gasteiger partial charge in [-0.05, 0) is 18.4 Å². The summed E-state index contributed by atoms with van der Waals surface area (Å²) in [4.78, 5) is 11.2. The maximum absolute atomic E-state index is 11.5. The zero-order chi connectivity index (χ0) is 12.3. The van der Waals surface area contributed by atoms with Gasteiger partial charge in [0.2, 0.25) is 0 Å². The van der Waals surface area contributed by atoms with Crippen molar-refractivity contribution in [2.45, 2.75) is 69.3 Å². The van der Waals surface area contributed by atoms with Crippen LogP contribution in [0.3, 0.4) is 0 Å². The molecule has 1 heterocycles. The standard InChI is InChI=1S/C14H22O2S/c1-2-3-4-5-9-13-14(17,16-13)10-11-7-6-8-12(11)15/h7,13,17H,2-6,8-10H2,1H3. The van der Waals surface area contributed by atoms with E-state index in [0.29, 0.717) is 18.6 Å². The molecule has 0 spiro atoms. The van der Waals surface area contributed by atoms with E-state index < -0.39 is 0 Å². The predicted molar refractivity (Wildman–Crippen MR) is 72.3 cm³/mol. The fourth-order valence-electron chi connectivity index (χ4n) is 2.50. The first-order chi connectivity index (χ1) is 8.15. The molecular weight excluding hydrogens is 232 g/mol. The fraction of sp³-hybridized carbons (Fsp3) is 0.786. The quantitative estimate of drug-likeness (QED) is 0.427. The third-order valence-electron chi connectivity index (χ3n) is 3.68. The summed E-state index contributed by atoms with van der Waals surface area (Å²) >= 11 is 4.59. The monoisotopic (exact) mass is 254 g/mol. The molecule has 1 aliphatic carbocycles. The fourth-order valence-corrected chi connectivity index (χ4v) is 2.93. The van der Waals surface area contributed by atoms with Gasteiger partial charge in [0.15, 0.2) is 5.78 Å². The molecule has 2 rings (SSSR count). The van der Waals surface area contributed by atoms with E-state index in [0.717, 1.165) is 18.4 Å². The van der Waals surface area contributed by atoms with Crippen LogP contribution in [0.25, 0.3) is 0 Å². The third kappa shape index (κ3) is 3.35. The molecule has 2 atom stereocenters. The van der Waals surface area contributed by atoms with E-state index in [2.05, 4.69) is 25.6 Å². The van der Waals surface area contributed by atoms with Gasteiger partial charge in [0.25, 0.3) is 0 Å². The van der Waals surface area contributed by atoms with Gasteiger partial charge in [-0.2, -0.15) is 0 Å². The highest BCUT2D eigenvalue weighted by Crippen LogP contribution is 2.48. The summed E-state index contributed by atoms with van der Waals surface area (Å²) in [7, 11) is 0. The molecule has 96 valence electrons. The molecule has 1 aliphatic heterocycles. The van der Waals surface area contributed by atoms with Crippen molar-refractivity contribution in [1.29, 1.82) is 0 Å². The van der Waals surface area contributed by atoms with E-state index in [9.17, 15) is 4.79 Å². The molecule has 0 N–H and O–H groups in total. The van der Waals surface area contributed by atoms with E-state index in [1.54, 1.807) is 0 Å². The summed E-state index contributed by atoms with van der Waals surface area (Å²) in [5, 5.41) is 0. The lowest BCUT2D eigenvalue weighted by Crippen LogP contribution is -2.11. The maximum atomic E-state index is 11.5. The summed E-state index contributed by atoms with van der Waals surface area (Å²) in [6.07, 6.45) is 10.7. The number of unbranched alkanes of at least 4 members (excludes halogenated alkanes) is 3. The Kier molecular flexibility index (Phi) is 4.31. The van der Waals surface area contributed by atoms with Gasteiger partial charge in [0.1, 0.15) is 4.93 Å². The van der Waals surface area contributed by atoms with Gasteiger partial charge in [-0.3, -0.25) is 4.79 Å². The van der Waals surface area contributed by atoms with Gasteiger partial charge in [-0.1, -0.05) is 38.7 Å². The van der Waals surface area contributed by atoms with Gasteiger partial charge >= 0.3 is 0 Å². The molecule has 0 amide bonds. The summed E-state index contributed by atoms with van der Waals surface area (Å²) in [6, 6.07) is 0. The largest absolute Gasteiger partial charge is 0.354 e. The Labute approximate surface area is 109 Å². The number of ketones is 1. The van der Waals surface area contributed by atoms with Crippen molar-refractivity contribution >= 4 is 18.4 Å². The van der Waals surface area contributed by atoms with Crippen molar-refractivity contribution < 1.29 is 9.53 Å². The second-order valence-corrected chi connectivity index (χ2v) is 5.93. The van der Waals surface area contributed by atoms with E-state index in [4.69, 9.17) is 4.74 Å². The van der Waals surface area contributed by atoms with Crippen LogP contribution in [0.4, 0.5) is 0 Å². The van der Waals surface area contributed by atoms with Crippen LogP contribution < -0.4 is 0 Å². The maximum Gasteiger partial charge on any atom is 0.158 e. The first-order valence-corrected chi connectivity index (χ1v) is 7.23. The minimum atomic E-state index is -0.335. The molecule has 0 radical (unpaired) electrons. The predicted octanol–water partition coefficient (Wildman–Crippen LogP) is 3.66. The highest BCUT2D eigenvalue weighted by Gasteiger charge is 2.53. The Morgan fingerprint density at radius 3 is 2.94 bits per heavy atom. The number of Topliss-reactive ketones (excluding diaryl/α,β-unsaturated/α-hetero) is 1. The topological polar surface area (TPSA) is 29.6 Å². The average molecular weight is 254 g/mol. The van der Waals surface area contributed by atoms with Gasteiger partial charge in [-0.25, -0.2) is 0 Å². The molecule has 0 aromatic carbocycles. The van der Waals surface area contributed by atoms with Crippen LogP contribution in [0.2, 0.25) is 0 Å². The number of hydrogen-bond acceptors (Lipinski definition) is 3. The molecule has 1 fully saturated rings. The number of allylic oxidation sites excluding steroid dienone is 1. The number of thiol groups is 1. The lowest BCUT2D eigenvalue weighted by atomic mass is 10.0. The minimum absolute atomic E-state index is 0.261. The molecular formula is C14H22O2S. The Morgan fingerprint density at radius 2 is 2.29 bits per heavy atom. The third-order valence-corrected chi connectivity index (χ3v) is 4.23. The lowest BCUT2D eigenvalue weighted by Gasteiger charge is -2.05. The second-order valence-electron chi connectivity index (χ2n) is 5.17. The van der Waals surface area contributed by atoms with E-state index in [-0.39, 0.29) is 11.0 Å². The Bertz CT molecular complexity index is 324. The van der Waals surface area contributed by atoms with E-state index in [1.807, 2.05) is 0 Å². The number of ether oxygens (including phenoxy) is 1. The number of epoxide rings is 1. The molecule has 3 heteroatoms. The van der Waals surface area contributed by atoms with Crippen LogP contribution in [0.1, 0.15) is 58.3 Å². The van der Waals surface area contributed by atoms with Crippen LogP contribution in [-0.4, -0.2) is 16.8 Å². The average Bonchev–Trinajstić information content (AvgIpc) is 2.76. The first-order valence-electron chi connectivity index (χ1n) is 6.78. The number of carbonyl (C=O) groups is 1. The van der Waals surface area contributed by atoms with Crippen LogP contribution in [0, 0.1) is 0 Å².